The van der Waals surface area contributed by atoms with Gasteiger partial charge in [-0.05, 0) is 36.1 Å². The zero-order valence-corrected chi connectivity index (χ0v) is 11.7. The molecule has 4 nitrogen and oxygen atoms in total. The van der Waals surface area contributed by atoms with Crippen molar-refractivity contribution in [1.82, 2.24) is 10.2 Å². The Morgan fingerprint density at radius 3 is 3.00 bits per heavy atom. The first-order chi connectivity index (χ1) is 9.19. The fourth-order valence-electron chi connectivity index (χ4n) is 2.47. The van der Waals surface area contributed by atoms with Gasteiger partial charge in [-0.2, -0.15) is 0 Å². The van der Waals surface area contributed by atoms with E-state index in [4.69, 9.17) is 4.74 Å². The maximum absolute atomic E-state index is 10.8. The molecule has 0 atom stereocenters. The van der Waals surface area contributed by atoms with Gasteiger partial charge in [0.15, 0.2) is 0 Å². The number of carbonyl (C=O) groups is 1. The molecular weight excluding hydrogens is 240 g/mol. The van der Waals surface area contributed by atoms with Gasteiger partial charge in [0.05, 0.1) is 7.11 Å². The molecule has 0 spiro atoms. The van der Waals surface area contributed by atoms with Crippen molar-refractivity contribution in [2.45, 2.75) is 26.3 Å². The fraction of sp³-hybridized carbons (Fsp3) is 0.533. The number of hydrogen-bond acceptors (Lipinski definition) is 3. The van der Waals surface area contributed by atoms with Crippen molar-refractivity contribution in [1.29, 1.82) is 0 Å². The van der Waals surface area contributed by atoms with E-state index in [9.17, 15) is 4.79 Å². The smallest absolute Gasteiger partial charge is 0.216 e. The van der Waals surface area contributed by atoms with Crippen molar-refractivity contribution in [2.75, 3.05) is 26.7 Å². The van der Waals surface area contributed by atoms with Gasteiger partial charge in [0.25, 0.3) is 0 Å². The standard InChI is InChI=1S/C15H22N2O2/c1-12(18)16-7-3-8-17-9-6-13-10-15(19-2)5-4-14(13)11-17/h4-5,10H,3,6-9,11H2,1-2H3,(H,16,18). The molecule has 1 N–H and O–H groups in total. The minimum absolute atomic E-state index is 0.0519. The predicted octanol–water partition coefficient (Wildman–Crippen LogP) is 1.58. The van der Waals surface area contributed by atoms with E-state index in [1.165, 1.54) is 11.1 Å². The van der Waals surface area contributed by atoms with E-state index in [1.807, 2.05) is 6.07 Å². The summed E-state index contributed by atoms with van der Waals surface area (Å²) in [7, 11) is 1.71. The van der Waals surface area contributed by atoms with Gasteiger partial charge in [0.2, 0.25) is 5.91 Å². The largest absolute Gasteiger partial charge is 0.497 e. The van der Waals surface area contributed by atoms with Crippen molar-refractivity contribution < 1.29 is 9.53 Å². The SMILES string of the molecule is COc1ccc2c(c1)CCN(CCCNC(C)=O)C2. The summed E-state index contributed by atoms with van der Waals surface area (Å²) in [5, 5.41) is 2.84. The summed E-state index contributed by atoms with van der Waals surface area (Å²) >= 11 is 0. The first-order valence-corrected chi connectivity index (χ1v) is 6.81. The molecule has 1 amide bonds. The Kier molecular flexibility index (Phi) is 4.80. The van der Waals surface area contributed by atoms with E-state index in [2.05, 4.69) is 22.3 Å². The second-order valence-corrected chi connectivity index (χ2v) is 5.00. The molecule has 0 saturated heterocycles. The number of amides is 1. The van der Waals surface area contributed by atoms with E-state index < -0.39 is 0 Å². The van der Waals surface area contributed by atoms with Gasteiger partial charge in [-0.3, -0.25) is 9.69 Å². The second-order valence-electron chi connectivity index (χ2n) is 5.00. The van der Waals surface area contributed by atoms with Crippen LogP contribution in [-0.4, -0.2) is 37.6 Å². The molecule has 0 fully saturated rings. The fourth-order valence-corrected chi connectivity index (χ4v) is 2.47. The number of benzene rings is 1. The predicted molar refractivity (Wildman–Crippen MR) is 75.3 cm³/mol. The number of nitrogens with one attached hydrogen (secondary N) is 1. The number of ether oxygens (including phenoxy) is 1. The highest BCUT2D eigenvalue weighted by Gasteiger charge is 2.16. The van der Waals surface area contributed by atoms with Gasteiger partial charge >= 0.3 is 0 Å². The molecule has 0 unspecified atom stereocenters. The second kappa shape index (κ2) is 6.57. The highest BCUT2D eigenvalue weighted by Crippen LogP contribution is 2.23. The Hall–Kier alpha value is -1.55. The molecule has 2 rings (SSSR count). The van der Waals surface area contributed by atoms with E-state index in [0.29, 0.717) is 0 Å². The zero-order valence-electron chi connectivity index (χ0n) is 11.7. The van der Waals surface area contributed by atoms with Crippen LogP contribution in [0.1, 0.15) is 24.5 Å². The highest BCUT2D eigenvalue weighted by molar-refractivity contribution is 5.72. The van der Waals surface area contributed by atoms with Crippen LogP contribution in [0.15, 0.2) is 18.2 Å². The van der Waals surface area contributed by atoms with Crippen LogP contribution in [0, 0.1) is 0 Å². The molecule has 4 heteroatoms. The average Bonchev–Trinajstić information content (AvgIpc) is 2.42. The van der Waals surface area contributed by atoms with Crippen molar-refractivity contribution in [2.24, 2.45) is 0 Å². The van der Waals surface area contributed by atoms with E-state index >= 15 is 0 Å². The van der Waals surface area contributed by atoms with Gasteiger partial charge in [-0.25, -0.2) is 0 Å². The summed E-state index contributed by atoms with van der Waals surface area (Å²) in [6.45, 7) is 5.44. The lowest BCUT2D eigenvalue weighted by Gasteiger charge is -2.29. The Labute approximate surface area is 114 Å². The molecule has 19 heavy (non-hydrogen) atoms. The number of rotatable bonds is 5. The van der Waals surface area contributed by atoms with Gasteiger partial charge < -0.3 is 10.1 Å². The monoisotopic (exact) mass is 262 g/mol. The molecule has 1 aromatic carbocycles. The van der Waals surface area contributed by atoms with E-state index in [-0.39, 0.29) is 5.91 Å². The van der Waals surface area contributed by atoms with Crippen molar-refractivity contribution in [3.8, 4) is 5.75 Å². The lowest BCUT2D eigenvalue weighted by molar-refractivity contribution is -0.118. The quantitative estimate of drug-likeness (QED) is 0.819. The summed E-state index contributed by atoms with van der Waals surface area (Å²) in [6, 6.07) is 6.33. The number of nitrogens with zero attached hydrogens (tertiary/aromatic N) is 1. The van der Waals surface area contributed by atoms with Crippen molar-refractivity contribution >= 4 is 5.91 Å². The maximum atomic E-state index is 10.8. The van der Waals surface area contributed by atoms with Crippen LogP contribution in [0.2, 0.25) is 0 Å². The number of hydrogen-bond donors (Lipinski definition) is 1. The minimum atomic E-state index is 0.0519. The molecule has 0 radical (unpaired) electrons. The number of carbonyl (C=O) groups excluding carboxylic acids is 1. The molecule has 0 saturated carbocycles. The third kappa shape index (κ3) is 3.96. The van der Waals surface area contributed by atoms with Crippen LogP contribution >= 0.6 is 0 Å². The molecule has 0 aliphatic carbocycles. The summed E-state index contributed by atoms with van der Waals surface area (Å²) in [4.78, 5) is 13.2. The van der Waals surface area contributed by atoms with Crippen LogP contribution in [0.4, 0.5) is 0 Å². The van der Waals surface area contributed by atoms with Crippen LogP contribution in [0.5, 0.6) is 5.75 Å². The summed E-state index contributed by atoms with van der Waals surface area (Å²) in [5.41, 5.74) is 2.80. The average molecular weight is 262 g/mol. The number of fused-ring (bicyclic) bond motifs is 1. The third-order valence-electron chi connectivity index (χ3n) is 3.53. The molecule has 1 heterocycles. The molecular formula is C15H22N2O2. The highest BCUT2D eigenvalue weighted by atomic mass is 16.5. The van der Waals surface area contributed by atoms with Gasteiger partial charge in [-0.1, -0.05) is 6.07 Å². The number of methoxy groups -OCH3 is 1. The Bertz CT molecular complexity index is 446. The molecule has 1 aliphatic heterocycles. The van der Waals surface area contributed by atoms with Crippen molar-refractivity contribution in [3.05, 3.63) is 29.3 Å². The summed E-state index contributed by atoms with van der Waals surface area (Å²) in [6.07, 6.45) is 2.08. The summed E-state index contributed by atoms with van der Waals surface area (Å²) in [5.74, 6) is 0.994. The van der Waals surface area contributed by atoms with Crippen LogP contribution in [0.25, 0.3) is 0 Å². The van der Waals surface area contributed by atoms with E-state index in [1.54, 1.807) is 14.0 Å². The topological polar surface area (TPSA) is 41.6 Å². The zero-order chi connectivity index (χ0) is 13.7. The van der Waals surface area contributed by atoms with Crippen LogP contribution in [-0.2, 0) is 17.8 Å². The van der Waals surface area contributed by atoms with Crippen LogP contribution in [0.3, 0.4) is 0 Å². The van der Waals surface area contributed by atoms with Crippen molar-refractivity contribution in [3.63, 3.8) is 0 Å². The van der Waals surface area contributed by atoms with Crippen LogP contribution < -0.4 is 10.1 Å². The first kappa shape index (κ1) is 13.9. The van der Waals surface area contributed by atoms with Gasteiger partial charge in [-0.15, -0.1) is 0 Å². The normalized spacial score (nSPS) is 14.8. The lowest BCUT2D eigenvalue weighted by Crippen LogP contribution is -2.33. The minimum Gasteiger partial charge on any atom is -0.497 e. The van der Waals surface area contributed by atoms with E-state index in [0.717, 1.165) is 44.8 Å². The molecule has 1 aromatic rings. The molecule has 104 valence electrons. The lowest BCUT2D eigenvalue weighted by atomic mass is 9.99. The summed E-state index contributed by atoms with van der Waals surface area (Å²) < 4.78 is 5.26. The Balaban J connectivity index is 1.83. The Morgan fingerprint density at radius 1 is 1.42 bits per heavy atom. The Morgan fingerprint density at radius 2 is 2.26 bits per heavy atom. The molecule has 0 aromatic heterocycles. The maximum Gasteiger partial charge on any atom is 0.216 e. The molecule has 0 bridgehead atoms. The first-order valence-electron chi connectivity index (χ1n) is 6.81. The third-order valence-corrected chi connectivity index (χ3v) is 3.53. The van der Waals surface area contributed by atoms with Gasteiger partial charge in [0, 0.05) is 33.1 Å². The van der Waals surface area contributed by atoms with Gasteiger partial charge in [0.1, 0.15) is 5.75 Å². The molecule has 1 aliphatic rings.